The van der Waals surface area contributed by atoms with Crippen LogP contribution in [0.4, 0.5) is 0 Å². The fourth-order valence-electron chi connectivity index (χ4n) is 3.05. The molecule has 1 amide bonds. The maximum atomic E-state index is 12.1. The molecule has 1 aromatic rings. The molecule has 4 nitrogen and oxygen atoms in total. The second kappa shape index (κ2) is 9.13. The molecule has 0 aromatic heterocycles. The number of nitrogens with one attached hydrogen (secondary N) is 1. The number of hydrogen-bond donors (Lipinski definition) is 2. The average molecular weight is 315 g/mol. The van der Waals surface area contributed by atoms with Crippen molar-refractivity contribution in [3.8, 4) is 0 Å². The van der Waals surface area contributed by atoms with Gasteiger partial charge in [0.25, 0.3) is 0 Å². The molecule has 0 heterocycles. The molecule has 0 bridgehead atoms. The van der Waals surface area contributed by atoms with Crippen LogP contribution in [0.5, 0.6) is 0 Å². The highest BCUT2D eigenvalue weighted by molar-refractivity contribution is 5.78. The highest BCUT2D eigenvalue weighted by Crippen LogP contribution is 2.24. The standard InChI is InChI=1S/C19H25NO3/c21-18(14-8-7-11-15-9-3-1-4-10-15)20-17-13-6-2-5-12-16(17)19(22)23/h1,3-4,7,9-11,16-17H,2,5-6,8,12-14H2,(H,20,21)(H,22,23)/b11-7+/t16-,17+/m1/s1. The van der Waals surface area contributed by atoms with Crippen LogP contribution in [0, 0.1) is 5.92 Å². The molecule has 0 spiro atoms. The highest BCUT2D eigenvalue weighted by Gasteiger charge is 2.30. The molecule has 0 saturated heterocycles. The van der Waals surface area contributed by atoms with Gasteiger partial charge in [0, 0.05) is 12.5 Å². The van der Waals surface area contributed by atoms with E-state index >= 15 is 0 Å². The zero-order valence-corrected chi connectivity index (χ0v) is 13.4. The van der Waals surface area contributed by atoms with Crippen LogP contribution in [0.1, 0.15) is 50.5 Å². The van der Waals surface area contributed by atoms with E-state index in [0.29, 0.717) is 19.3 Å². The first kappa shape index (κ1) is 17.3. The minimum Gasteiger partial charge on any atom is -0.481 e. The fourth-order valence-corrected chi connectivity index (χ4v) is 3.05. The van der Waals surface area contributed by atoms with Gasteiger partial charge in [0.1, 0.15) is 0 Å². The van der Waals surface area contributed by atoms with Gasteiger partial charge in [0.15, 0.2) is 0 Å². The number of carbonyl (C=O) groups is 2. The Morgan fingerprint density at radius 1 is 1.13 bits per heavy atom. The molecular formula is C19H25NO3. The van der Waals surface area contributed by atoms with Crippen molar-refractivity contribution >= 4 is 18.0 Å². The number of hydrogen-bond acceptors (Lipinski definition) is 2. The normalized spacial score (nSPS) is 21.7. The predicted molar refractivity (Wildman–Crippen MR) is 90.9 cm³/mol. The van der Waals surface area contributed by atoms with Gasteiger partial charge in [-0.15, -0.1) is 0 Å². The Bertz CT molecular complexity index is 539. The number of rotatable bonds is 6. The molecule has 124 valence electrons. The number of allylic oxidation sites excluding steroid dienone is 1. The molecule has 2 rings (SSSR count). The Hall–Kier alpha value is -2.10. The highest BCUT2D eigenvalue weighted by atomic mass is 16.4. The monoisotopic (exact) mass is 315 g/mol. The molecule has 2 N–H and O–H groups in total. The van der Waals surface area contributed by atoms with Gasteiger partial charge in [-0.05, 0) is 24.8 Å². The Morgan fingerprint density at radius 2 is 1.87 bits per heavy atom. The van der Waals surface area contributed by atoms with Crippen molar-refractivity contribution in [3.63, 3.8) is 0 Å². The zero-order valence-electron chi connectivity index (χ0n) is 13.4. The first-order valence-corrected chi connectivity index (χ1v) is 8.40. The van der Waals surface area contributed by atoms with Crippen molar-refractivity contribution in [1.29, 1.82) is 0 Å². The molecule has 1 saturated carbocycles. The number of carboxylic acids is 1. The summed E-state index contributed by atoms with van der Waals surface area (Å²) in [6.07, 6.45) is 9.44. The SMILES string of the molecule is O=C(CC/C=C/c1ccccc1)N[C@H]1CCCCC[C@H]1C(=O)O. The van der Waals surface area contributed by atoms with Gasteiger partial charge < -0.3 is 10.4 Å². The molecule has 23 heavy (non-hydrogen) atoms. The summed E-state index contributed by atoms with van der Waals surface area (Å²) in [5.74, 6) is -1.29. The van der Waals surface area contributed by atoms with Crippen LogP contribution in [-0.2, 0) is 9.59 Å². The third-order valence-corrected chi connectivity index (χ3v) is 4.33. The van der Waals surface area contributed by atoms with Crippen molar-refractivity contribution in [1.82, 2.24) is 5.32 Å². The summed E-state index contributed by atoms with van der Waals surface area (Å²) in [6, 6.07) is 9.73. The minimum absolute atomic E-state index is 0.0548. The third kappa shape index (κ3) is 5.89. The topological polar surface area (TPSA) is 66.4 Å². The largest absolute Gasteiger partial charge is 0.481 e. The van der Waals surface area contributed by atoms with Crippen LogP contribution in [0.15, 0.2) is 36.4 Å². The van der Waals surface area contributed by atoms with Crippen molar-refractivity contribution in [2.24, 2.45) is 5.92 Å². The molecule has 0 unspecified atom stereocenters. The Kier molecular flexibility index (Phi) is 6.85. The Balaban J connectivity index is 1.78. The smallest absolute Gasteiger partial charge is 0.308 e. The van der Waals surface area contributed by atoms with Gasteiger partial charge in [0.2, 0.25) is 5.91 Å². The number of aliphatic carboxylic acids is 1. The maximum absolute atomic E-state index is 12.1. The van der Waals surface area contributed by atoms with Crippen LogP contribution in [-0.4, -0.2) is 23.0 Å². The number of amides is 1. The number of carboxylic acid groups (broad SMARTS) is 1. The van der Waals surface area contributed by atoms with Crippen LogP contribution < -0.4 is 5.32 Å². The van der Waals surface area contributed by atoms with Crippen molar-refractivity contribution < 1.29 is 14.7 Å². The Morgan fingerprint density at radius 3 is 2.61 bits per heavy atom. The van der Waals surface area contributed by atoms with Crippen molar-refractivity contribution in [2.75, 3.05) is 0 Å². The summed E-state index contributed by atoms with van der Waals surface area (Å²) in [7, 11) is 0. The quantitative estimate of drug-likeness (QED) is 0.788. The van der Waals surface area contributed by atoms with Gasteiger partial charge in [-0.25, -0.2) is 0 Å². The van der Waals surface area contributed by atoms with Gasteiger partial charge in [-0.1, -0.05) is 61.7 Å². The first-order valence-electron chi connectivity index (χ1n) is 8.40. The van der Waals surface area contributed by atoms with E-state index in [1.54, 1.807) is 0 Å². The van der Waals surface area contributed by atoms with Crippen molar-refractivity contribution in [3.05, 3.63) is 42.0 Å². The van der Waals surface area contributed by atoms with Gasteiger partial charge >= 0.3 is 5.97 Å². The summed E-state index contributed by atoms with van der Waals surface area (Å²) in [5, 5.41) is 12.3. The van der Waals surface area contributed by atoms with Gasteiger partial charge in [-0.2, -0.15) is 0 Å². The van der Waals surface area contributed by atoms with E-state index in [1.165, 1.54) is 0 Å². The lowest BCUT2D eigenvalue weighted by molar-refractivity contribution is -0.143. The van der Waals surface area contributed by atoms with E-state index in [9.17, 15) is 14.7 Å². The van der Waals surface area contributed by atoms with Crippen LogP contribution in [0.2, 0.25) is 0 Å². The predicted octanol–water partition coefficient (Wildman–Crippen LogP) is 3.63. The lowest BCUT2D eigenvalue weighted by Gasteiger charge is -2.22. The molecule has 2 atom stereocenters. The molecule has 0 radical (unpaired) electrons. The van der Waals surface area contributed by atoms with Crippen LogP contribution >= 0.6 is 0 Å². The lowest BCUT2D eigenvalue weighted by atomic mass is 9.94. The fraction of sp³-hybridized carbons (Fsp3) is 0.474. The zero-order chi connectivity index (χ0) is 16.5. The molecule has 1 aliphatic carbocycles. The van der Waals surface area contributed by atoms with Gasteiger partial charge in [0.05, 0.1) is 5.92 Å². The summed E-state index contributed by atoms with van der Waals surface area (Å²) in [5.41, 5.74) is 1.11. The molecule has 1 fully saturated rings. The number of benzene rings is 1. The van der Waals surface area contributed by atoms with Crippen LogP contribution in [0.25, 0.3) is 6.08 Å². The first-order chi connectivity index (χ1) is 11.2. The molecule has 4 heteroatoms. The summed E-state index contributed by atoms with van der Waals surface area (Å²) >= 11 is 0. The van der Waals surface area contributed by atoms with E-state index in [-0.39, 0.29) is 11.9 Å². The maximum Gasteiger partial charge on any atom is 0.308 e. The summed E-state index contributed by atoms with van der Waals surface area (Å²) < 4.78 is 0. The van der Waals surface area contributed by atoms with Crippen molar-refractivity contribution in [2.45, 2.75) is 51.0 Å². The minimum atomic E-state index is -0.791. The summed E-state index contributed by atoms with van der Waals surface area (Å²) in [6.45, 7) is 0. The summed E-state index contributed by atoms with van der Waals surface area (Å²) in [4.78, 5) is 23.4. The van der Waals surface area contributed by atoms with Gasteiger partial charge in [-0.3, -0.25) is 9.59 Å². The van der Waals surface area contributed by atoms with E-state index in [2.05, 4.69) is 5.32 Å². The second-order valence-electron chi connectivity index (χ2n) is 6.11. The second-order valence-corrected chi connectivity index (χ2v) is 6.11. The average Bonchev–Trinajstić information content (AvgIpc) is 2.78. The van der Waals surface area contributed by atoms with E-state index < -0.39 is 11.9 Å². The molecule has 1 aliphatic rings. The molecule has 0 aliphatic heterocycles. The Labute approximate surface area is 137 Å². The molecular weight excluding hydrogens is 290 g/mol. The number of carbonyl (C=O) groups excluding carboxylic acids is 1. The molecule has 1 aromatic carbocycles. The van der Waals surface area contributed by atoms with E-state index in [1.807, 2.05) is 42.5 Å². The van der Waals surface area contributed by atoms with Crippen LogP contribution in [0.3, 0.4) is 0 Å². The van der Waals surface area contributed by atoms with E-state index in [0.717, 1.165) is 31.2 Å². The van der Waals surface area contributed by atoms with E-state index in [4.69, 9.17) is 0 Å². The third-order valence-electron chi connectivity index (χ3n) is 4.33. The lowest BCUT2D eigenvalue weighted by Crippen LogP contribution is -2.42.